The van der Waals surface area contributed by atoms with Crippen LogP contribution in [0.25, 0.3) is 10.6 Å². The Bertz CT molecular complexity index is 1040. The third-order valence-electron chi connectivity index (χ3n) is 3.62. The van der Waals surface area contributed by atoms with Gasteiger partial charge in [0.1, 0.15) is 10.8 Å². The van der Waals surface area contributed by atoms with Crippen molar-refractivity contribution in [3.8, 4) is 16.3 Å². The maximum atomic E-state index is 12.4. The fraction of sp³-hybridized carbons (Fsp3) is 0.111. The molecule has 3 aromatic rings. The lowest BCUT2D eigenvalue weighted by atomic mass is 10.2. The van der Waals surface area contributed by atoms with E-state index in [1.54, 1.807) is 36.7 Å². The first kappa shape index (κ1) is 20.3. The first-order valence-corrected chi connectivity index (χ1v) is 8.85. The quantitative estimate of drug-likeness (QED) is 0.649. The molecule has 0 unspecified atom stereocenters. The fourth-order valence-corrected chi connectivity index (χ4v) is 2.98. The Hall–Kier alpha value is -3.47. The molecule has 2 N–H and O–H groups in total. The zero-order valence-electron chi connectivity index (χ0n) is 14.8. The largest absolute Gasteiger partial charge is 0.497 e. The first-order valence-electron chi connectivity index (χ1n) is 8.04. The molecule has 0 spiro atoms. The van der Waals surface area contributed by atoms with Crippen molar-refractivity contribution in [3.05, 3.63) is 54.1 Å². The molecule has 0 bridgehead atoms. The molecule has 0 aliphatic heterocycles. The van der Waals surface area contributed by atoms with Gasteiger partial charge in [0, 0.05) is 16.8 Å². The second-order valence-corrected chi connectivity index (χ2v) is 6.61. The summed E-state index contributed by atoms with van der Waals surface area (Å²) in [5.41, 5.74) is 0.669. The van der Waals surface area contributed by atoms with E-state index in [0.717, 1.165) is 23.0 Å². The Labute approximate surface area is 166 Å². The highest BCUT2D eigenvalue weighted by atomic mass is 32.1. The monoisotopic (exact) mass is 422 g/mol. The van der Waals surface area contributed by atoms with E-state index in [1.165, 1.54) is 18.2 Å². The number of benzene rings is 2. The molecule has 0 atom stereocenters. The normalized spacial score (nSPS) is 11.0. The highest BCUT2D eigenvalue weighted by Crippen LogP contribution is 2.28. The van der Waals surface area contributed by atoms with E-state index in [9.17, 15) is 22.8 Å². The van der Waals surface area contributed by atoms with Crippen molar-refractivity contribution in [1.82, 2.24) is 10.2 Å². The Morgan fingerprint density at radius 2 is 1.76 bits per heavy atom. The van der Waals surface area contributed by atoms with Crippen molar-refractivity contribution in [1.29, 1.82) is 0 Å². The summed E-state index contributed by atoms with van der Waals surface area (Å²) in [6, 6.07) is 12.2. The van der Waals surface area contributed by atoms with Gasteiger partial charge in [-0.15, -0.1) is 10.2 Å². The Kier molecular flexibility index (Phi) is 5.78. The number of halogens is 3. The molecule has 1 aromatic heterocycles. The van der Waals surface area contributed by atoms with E-state index in [2.05, 4.69) is 15.5 Å². The van der Waals surface area contributed by atoms with Gasteiger partial charge in [0.15, 0.2) is 0 Å². The van der Waals surface area contributed by atoms with E-state index in [0.29, 0.717) is 10.8 Å². The number of carbonyl (C=O) groups excluding carboxylic acids is 2. The third-order valence-corrected chi connectivity index (χ3v) is 4.51. The SMILES string of the molecule is COc1ccc(-c2nnc(NC(=O)c3cccc(NC(=O)C(F)(F)F)c3)s2)cc1. The van der Waals surface area contributed by atoms with E-state index in [4.69, 9.17) is 4.74 Å². The fourth-order valence-electron chi connectivity index (χ4n) is 2.23. The summed E-state index contributed by atoms with van der Waals surface area (Å²) in [6.07, 6.45) is -5.03. The molecule has 1 heterocycles. The molecular formula is C18H13F3N4O3S. The van der Waals surface area contributed by atoms with Crippen molar-refractivity contribution in [2.75, 3.05) is 17.7 Å². The van der Waals surface area contributed by atoms with Crippen LogP contribution in [0.1, 0.15) is 10.4 Å². The summed E-state index contributed by atoms with van der Waals surface area (Å²) >= 11 is 1.13. The van der Waals surface area contributed by atoms with E-state index in [1.807, 2.05) is 0 Å². The maximum Gasteiger partial charge on any atom is 0.471 e. The molecule has 0 saturated heterocycles. The van der Waals surface area contributed by atoms with E-state index in [-0.39, 0.29) is 16.4 Å². The summed E-state index contributed by atoms with van der Waals surface area (Å²) in [5, 5.41) is 12.9. The van der Waals surface area contributed by atoms with Gasteiger partial charge < -0.3 is 10.1 Å². The number of hydrogen-bond donors (Lipinski definition) is 2. The number of nitrogens with zero attached hydrogens (tertiary/aromatic N) is 2. The Morgan fingerprint density at radius 3 is 2.41 bits per heavy atom. The molecule has 150 valence electrons. The van der Waals surface area contributed by atoms with Gasteiger partial charge in [0.2, 0.25) is 5.13 Å². The standard InChI is InChI=1S/C18H13F3N4O3S/c1-28-13-7-5-10(6-8-13)15-24-25-17(29-15)23-14(26)11-3-2-4-12(9-11)22-16(27)18(19,20)21/h2-9H,1H3,(H,22,27)(H,23,25,26). The van der Waals surface area contributed by atoms with Crippen LogP contribution in [0, 0.1) is 0 Å². The number of hydrogen-bond acceptors (Lipinski definition) is 6. The number of anilines is 2. The molecule has 29 heavy (non-hydrogen) atoms. The molecule has 11 heteroatoms. The Balaban J connectivity index is 1.70. The van der Waals surface area contributed by atoms with Gasteiger partial charge >= 0.3 is 12.1 Å². The van der Waals surface area contributed by atoms with Gasteiger partial charge in [-0.1, -0.05) is 17.4 Å². The summed E-state index contributed by atoms with van der Waals surface area (Å²) in [7, 11) is 1.55. The second-order valence-electron chi connectivity index (χ2n) is 5.63. The number of rotatable bonds is 5. The summed E-state index contributed by atoms with van der Waals surface area (Å²) in [6.45, 7) is 0. The molecule has 0 aliphatic carbocycles. The predicted octanol–water partition coefficient (Wildman–Crippen LogP) is 3.97. The highest BCUT2D eigenvalue weighted by molar-refractivity contribution is 7.18. The average molecular weight is 422 g/mol. The highest BCUT2D eigenvalue weighted by Gasteiger charge is 2.38. The van der Waals surface area contributed by atoms with Crippen LogP contribution >= 0.6 is 11.3 Å². The molecular weight excluding hydrogens is 409 g/mol. The Morgan fingerprint density at radius 1 is 1.03 bits per heavy atom. The summed E-state index contributed by atoms with van der Waals surface area (Å²) < 4.78 is 42.1. The molecule has 0 saturated carbocycles. The number of aromatic nitrogens is 2. The first-order chi connectivity index (χ1) is 13.8. The minimum Gasteiger partial charge on any atom is -0.497 e. The van der Waals surface area contributed by atoms with Gasteiger partial charge in [0.05, 0.1) is 7.11 Å². The average Bonchev–Trinajstić information content (AvgIpc) is 3.16. The molecule has 2 amide bonds. The van der Waals surface area contributed by atoms with E-state index >= 15 is 0 Å². The van der Waals surface area contributed by atoms with Crippen LogP contribution < -0.4 is 15.4 Å². The number of alkyl halides is 3. The van der Waals surface area contributed by atoms with Crippen molar-refractivity contribution >= 4 is 34.0 Å². The predicted molar refractivity (Wildman–Crippen MR) is 101 cm³/mol. The lowest BCUT2D eigenvalue weighted by molar-refractivity contribution is -0.167. The molecule has 0 aliphatic rings. The van der Waals surface area contributed by atoms with Gasteiger partial charge in [-0.3, -0.25) is 14.9 Å². The third kappa shape index (κ3) is 5.08. The summed E-state index contributed by atoms with van der Waals surface area (Å²) in [4.78, 5) is 23.4. The number of methoxy groups -OCH3 is 1. The van der Waals surface area contributed by atoms with Crippen LogP contribution in [0.2, 0.25) is 0 Å². The van der Waals surface area contributed by atoms with Gasteiger partial charge in [-0.05, 0) is 42.5 Å². The number of amides is 2. The van der Waals surface area contributed by atoms with Crippen LogP contribution in [-0.2, 0) is 4.79 Å². The molecule has 2 aromatic carbocycles. The minimum absolute atomic E-state index is 0.0474. The summed E-state index contributed by atoms with van der Waals surface area (Å²) in [5.74, 6) is -2.04. The molecule has 0 fully saturated rings. The van der Waals surface area contributed by atoms with Crippen LogP contribution in [0.5, 0.6) is 5.75 Å². The lowest BCUT2D eigenvalue weighted by Gasteiger charge is -2.09. The van der Waals surface area contributed by atoms with E-state index < -0.39 is 18.0 Å². The minimum atomic E-state index is -5.03. The van der Waals surface area contributed by atoms with Gasteiger partial charge in [-0.2, -0.15) is 13.2 Å². The number of carbonyl (C=O) groups is 2. The van der Waals surface area contributed by atoms with Gasteiger partial charge in [-0.25, -0.2) is 0 Å². The van der Waals surface area contributed by atoms with Crippen LogP contribution in [-0.4, -0.2) is 35.3 Å². The molecule has 0 radical (unpaired) electrons. The number of nitrogens with one attached hydrogen (secondary N) is 2. The second kappa shape index (κ2) is 8.27. The number of ether oxygens (including phenoxy) is 1. The topological polar surface area (TPSA) is 93.2 Å². The van der Waals surface area contributed by atoms with Crippen molar-refractivity contribution in [3.63, 3.8) is 0 Å². The van der Waals surface area contributed by atoms with Crippen LogP contribution in [0.15, 0.2) is 48.5 Å². The van der Waals surface area contributed by atoms with Crippen molar-refractivity contribution in [2.45, 2.75) is 6.18 Å². The lowest BCUT2D eigenvalue weighted by Crippen LogP contribution is -2.30. The zero-order valence-corrected chi connectivity index (χ0v) is 15.6. The molecule has 3 rings (SSSR count). The van der Waals surface area contributed by atoms with Crippen LogP contribution in [0.4, 0.5) is 24.0 Å². The van der Waals surface area contributed by atoms with Crippen molar-refractivity contribution in [2.24, 2.45) is 0 Å². The van der Waals surface area contributed by atoms with Crippen molar-refractivity contribution < 1.29 is 27.5 Å². The van der Waals surface area contributed by atoms with Crippen LogP contribution in [0.3, 0.4) is 0 Å². The zero-order chi connectivity index (χ0) is 21.0. The van der Waals surface area contributed by atoms with Gasteiger partial charge in [0.25, 0.3) is 5.91 Å². The molecule has 7 nitrogen and oxygen atoms in total. The smallest absolute Gasteiger partial charge is 0.471 e. The maximum absolute atomic E-state index is 12.4.